The molecular weight excluding hydrogens is 306 g/mol. The Morgan fingerprint density at radius 3 is 2.71 bits per heavy atom. The van der Waals surface area contributed by atoms with Crippen molar-refractivity contribution in [2.45, 2.75) is 16.3 Å². The Labute approximate surface area is 133 Å². The standard InChI is InChI=1S/C16H16ClNO2S/c1-18-10-11-2-3-12(17)8-16(11)21-13-4-5-14-15(9-13)20-7-6-19-14/h2-5,8-9,18H,6-7,10H2,1H3. The summed E-state index contributed by atoms with van der Waals surface area (Å²) < 4.78 is 11.2. The second-order valence-electron chi connectivity index (χ2n) is 4.69. The average molecular weight is 322 g/mol. The quantitative estimate of drug-likeness (QED) is 0.922. The first-order valence-electron chi connectivity index (χ1n) is 6.77. The van der Waals surface area contributed by atoms with Gasteiger partial charge in [0, 0.05) is 21.4 Å². The number of nitrogens with one attached hydrogen (secondary N) is 1. The van der Waals surface area contributed by atoms with Crippen LogP contribution in [0.2, 0.25) is 5.02 Å². The van der Waals surface area contributed by atoms with E-state index in [-0.39, 0.29) is 0 Å². The second kappa shape index (κ2) is 6.60. The van der Waals surface area contributed by atoms with Crippen LogP contribution in [0.4, 0.5) is 0 Å². The summed E-state index contributed by atoms with van der Waals surface area (Å²) in [6, 6.07) is 12.0. The van der Waals surface area contributed by atoms with Crippen LogP contribution in [-0.4, -0.2) is 20.3 Å². The molecule has 1 N–H and O–H groups in total. The van der Waals surface area contributed by atoms with Crippen LogP contribution in [0, 0.1) is 0 Å². The molecule has 0 aliphatic carbocycles. The van der Waals surface area contributed by atoms with E-state index in [1.165, 1.54) is 5.56 Å². The van der Waals surface area contributed by atoms with Crippen molar-refractivity contribution in [3.63, 3.8) is 0 Å². The van der Waals surface area contributed by atoms with Gasteiger partial charge in [-0.25, -0.2) is 0 Å². The maximum Gasteiger partial charge on any atom is 0.162 e. The maximum atomic E-state index is 6.12. The molecule has 0 bridgehead atoms. The van der Waals surface area contributed by atoms with Crippen molar-refractivity contribution < 1.29 is 9.47 Å². The largest absolute Gasteiger partial charge is 0.486 e. The molecule has 0 spiro atoms. The zero-order valence-corrected chi connectivity index (χ0v) is 13.3. The van der Waals surface area contributed by atoms with Crippen molar-refractivity contribution in [2.24, 2.45) is 0 Å². The van der Waals surface area contributed by atoms with Crippen molar-refractivity contribution in [1.29, 1.82) is 0 Å². The van der Waals surface area contributed by atoms with Crippen LogP contribution < -0.4 is 14.8 Å². The molecule has 0 fully saturated rings. The SMILES string of the molecule is CNCc1ccc(Cl)cc1Sc1ccc2c(c1)OCCO2. The summed E-state index contributed by atoms with van der Waals surface area (Å²) in [6.07, 6.45) is 0. The Hall–Kier alpha value is -1.36. The Morgan fingerprint density at radius 2 is 1.90 bits per heavy atom. The third-order valence-electron chi connectivity index (χ3n) is 3.14. The van der Waals surface area contributed by atoms with Crippen molar-refractivity contribution in [1.82, 2.24) is 5.32 Å². The summed E-state index contributed by atoms with van der Waals surface area (Å²) in [5, 5.41) is 3.92. The maximum absolute atomic E-state index is 6.12. The first kappa shape index (κ1) is 14.6. The third kappa shape index (κ3) is 3.46. The highest BCUT2D eigenvalue weighted by Gasteiger charge is 2.13. The number of rotatable bonds is 4. The lowest BCUT2D eigenvalue weighted by molar-refractivity contribution is 0.171. The monoisotopic (exact) mass is 321 g/mol. The molecule has 1 aliphatic heterocycles. The van der Waals surface area contributed by atoms with Crippen molar-refractivity contribution >= 4 is 23.4 Å². The minimum Gasteiger partial charge on any atom is -0.486 e. The van der Waals surface area contributed by atoms with Crippen LogP contribution in [0.3, 0.4) is 0 Å². The van der Waals surface area contributed by atoms with Gasteiger partial charge in [0.25, 0.3) is 0 Å². The highest BCUT2D eigenvalue weighted by atomic mass is 35.5. The van der Waals surface area contributed by atoms with Gasteiger partial charge in [-0.1, -0.05) is 29.4 Å². The Balaban J connectivity index is 1.87. The molecule has 110 valence electrons. The molecule has 5 heteroatoms. The molecule has 3 rings (SSSR count). The number of halogens is 1. The van der Waals surface area contributed by atoms with Gasteiger partial charge in [-0.3, -0.25) is 0 Å². The molecule has 0 saturated carbocycles. The summed E-state index contributed by atoms with van der Waals surface area (Å²) in [4.78, 5) is 2.26. The van der Waals surface area contributed by atoms with E-state index in [4.69, 9.17) is 21.1 Å². The van der Waals surface area contributed by atoms with Crippen LogP contribution in [0.15, 0.2) is 46.2 Å². The molecule has 3 nitrogen and oxygen atoms in total. The van der Waals surface area contributed by atoms with Gasteiger partial charge in [0.1, 0.15) is 13.2 Å². The van der Waals surface area contributed by atoms with E-state index >= 15 is 0 Å². The van der Waals surface area contributed by atoms with E-state index in [0.717, 1.165) is 32.9 Å². The number of hydrogen-bond donors (Lipinski definition) is 1. The van der Waals surface area contributed by atoms with Crippen LogP contribution in [-0.2, 0) is 6.54 Å². The van der Waals surface area contributed by atoms with Gasteiger partial charge < -0.3 is 14.8 Å². The molecule has 0 radical (unpaired) electrons. The fourth-order valence-electron chi connectivity index (χ4n) is 2.17. The number of hydrogen-bond acceptors (Lipinski definition) is 4. The minimum absolute atomic E-state index is 0.600. The van der Waals surface area contributed by atoms with E-state index in [9.17, 15) is 0 Å². The van der Waals surface area contributed by atoms with E-state index in [1.807, 2.05) is 37.4 Å². The van der Waals surface area contributed by atoms with E-state index in [0.29, 0.717) is 13.2 Å². The number of fused-ring (bicyclic) bond motifs is 1. The highest BCUT2D eigenvalue weighted by molar-refractivity contribution is 7.99. The molecule has 1 heterocycles. The molecule has 0 unspecified atom stereocenters. The summed E-state index contributed by atoms with van der Waals surface area (Å²) in [5.41, 5.74) is 1.22. The predicted molar refractivity (Wildman–Crippen MR) is 85.8 cm³/mol. The zero-order chi connectivity index (χ0) is 14.7. The fraction of sp³-hybridized carbons (Fsp3) is 0.250. The Kier molecular flexibility index (Phi) is 4.58. The van der Waals surface area contributed by atoms with Crippen LogP contribution in [0.5, 0.6) is 11.5 Å². The molecule has 1 aliphatic rings. The van der Waals surface area contributed by atoms with Crippen LogP contribution in [0.25, 0.3) is 0 Å². The summed E-state index contributed by atoms with van der Waals surface area (Å²) in [6.45, 7) is 2.02. The summed E-state index contributed by atoms with van der Waals surface area (Å²) in [5.74, 6) is 1.62. The first-order valence-corrected chi connectivity index (χ1v) is 7.96. The highest BCUT2D eigenvalue weighted by Crippen LogP contribution is 2.38. The Morgan fingerprint density at radius 1 is 1.10 bits per heavy atom. The number of ether oxygens (including phenoxy) is 2. The smallest absolute Gasteiger partial charge is 0.162 e. The second-order valence-corrected chi connectivity index (χ2v) is 6.24. The van der Waals surface area contributed by atoms with E-state index in [2.05, 4.69) is 11.4 Å². The summed E-state index contributed by atoms with van der Waals surface area (Å²) >= 11 is 7.80. The number of benzene rings is 2. The summed E-state index contributed by atoms with van der Waals surface area (Å²) in [7, 11) is 1.94. The van der Waals surface area contributed by atoms with Crippen molar-refractivity contribution in [3.05, 3.63) is 47.0 Å². The van der Waals surface area contributed by atoms with Crippen LogP contribution in [0.1, 0.15) is 5.56 Å². The topological polar surface area (TPSA) is 30.5 Å². The lowest BCUT2D eigenvalue weighted by Gasteiger charge is -2.19. The van der Waals surface area contributed by atoms with E-state index in [1.54, 1.807) is 11.8 Å². The van der Waals surface area contributed by atoms with Gasteiger partial charge in [0.2, 0.25) is 0 Å². The van der Waals surface area contributed by atoms with Gasteiger partial charge in [-0.2, -0.15) is 0 Å². The van der Waals surface area contributed by atoms with Gasteiger partial charge >= 0.3 is 0 Å². The van der Waals surface area contributed by atoms with E-state index < -0.39 is 0 Å². The van der Waals surface area contributed by atoms with Gasteiger partial charge in [-0.15, -0.1) is 0 Å². The molecule has 0 saturated heterocycles. The molecule has 2 aromatic rings. The fourth-order valence-corrected chi connectivity index (χ4v) is 3.42. The van der Waals surface area contributed by atoms with Gasteiger partial charge in [0.05, 0.1) is 0 Å². The van der Waals surface area contributed by atoms with Gasteiger partial charge in [0.15, 0.2) is 11.5 Å². The molecule has 0 amide bonds. The zero-order valence-electron chi connectivity index (χ0n) is 11.7. The van der Waals surface area contributed by atoms with Gasteiger partial charge in [-0.05, 0) is 42.9 Å². The van der Waals surface area contributed by atoms with Crippen LogP contribution >= 0.6 is 23.4 Å². The minimum atomic E-state index is 0.600. The molecular formula is C16H16ClNO2S. The predicted octanol–water partition coefficient (Wildman–Crippen LogP) is 3.98. The molecule has 2 aromatic carbocycles. The molecule has 21 heavy (non-hydrogen) atoms. The average Bonchev–Trinajstić information content (AvgIpc) is 2.50. The normalized spacial score (nSPS) is 13.2. The Bertz CT molecular complexity index is 648. The lowest BCUT2D eigenvalue weighted by atomic mass is 10.2. The molecule has 0 aromatic heterocycles. The van der Waals surface area contributed by atoms with Crippen molar-refractivity contribution in [2.75, 3.05) is 20.3 Å². The lowest BCUT2D eigenvalue weighted by Crippen LogP contribution is -2.15. The third-order valence-corrected chi connectivity index (χ3v) is 4.46. The molecule has 0 atom stereocenters. The van der Waals surface area contributed by atoms with Crippen molar-refractivity contribution in [3.8, 4) is 11.5 Å². The first-order chi connectivity index (χ1) is 10.3.